The summed E-state index contributed by atoms with van der Waals surface area (Å²) in [6.07, 6.45) is -3.33. The number of esters is 3. The molecule has 0 amide bonds. The monoisotopic (exact) mass is 508 g/mol. The van der Waals surface area contributed by atoms with Crippen molar-refractivity contribution in [3.05, 3.63) is 29.3 Å². The molecule has 0 unspecified atom stereocenters. The van der Waals surface area contributed by atoms with Crippen LogP contribution in [0.15, 0.2) is 23.8 Å². The average Bonchev–Trinajstić information content (AvgIpc) is 3.34. The van der Waals surface area contributed by atoms with Gasteiger partial charge in [0, 0.05) is 26.3 Å². The Bertz CT molecular complexity index is 1060. The Kier molecular flexibility index (Phi) is 8.33. The quantitative estimate of drug-likeness (QED) is 0.310. The number of carbonyl (C=O) groups excluding carboxylic acids is 3. The number of ether oxygens (including phenoxy) is 7. The van der Waals surface area contributed by atoms with Crippen LogP contribution in [-0.2, 0) is 42.9 Å². The maximum Gasteiger partial charge on any atom is 0.331 e. The molecule has 1 N–H and O–H groups in total. The van der Waals surface area contributed by atoms with E-state index >= 15 is 0 Å². The molecule has 0 bridgehead atoms. The SMILES string of the molecule is CC(=O)Oc1cc(/C=C(\C)C(=O)O)ccc1O[C@@H]1O[C@H](C2(C)OCCO2)[C@@H](OC(C)=O)[C@@H]1OC(C)=O. The minimum atomic E-state index is -1.32. The van der Waals surface area contributed by atoms with Gasteiger partial charge in [0.25, 0.3) is 0 Å². The molecule has 1 aromatic rings. The predicted molar refractivity (Wildman–Crippen MR) is 120 cm³/mol. The molecular formula is C24H28O12. The van der Waals surface area contributed by atoms with Gasteiger partial charge in [0.2, 0.25) is 12.4 Å². The van der Waals surface area contributed by atoms with E-state index in [0.717, 1.165) is 0 Å². The van der Waals surface area contributed by atoms with Crippen LogP contribution in [0.3, 0.4) is 0 Å². The lowest BCUT2D eigenvalue weighted by atomic mass is 10.0. The van der Waals surface area contributed by atoms with Gasteiger partial charge in [-0.3, -0.25) is 14.4 Å². The zero-order valence-corrected chi connectivity index (χ0v) is 20.5. The Morgan fingerprint density at radius 3 is 2.11 bits per heavy atom. The summed E-state index contributed by atoms with van der Waals surface area (Å²) in [5.41, 5.74) is 0.488. The molecule has 0 spiro atoms. The summed E-state index contributed by atoms with van der Waals surface area (Å²) in [6.45, 7) is 7.12. The normalized spacial score (nSPS) is 25.2. The van der Waals surface area contributed by atoms with Gasteiger partial charge in [-0.2, -0.15) is 0 Å². The van der Waals surface area contributed by atoms with Gasteiger partial charge in [-0.15, -0.1) is 0 Å². The van der Waals surface area contributed by atoms with Gasteiger partial charge in [0.05, 0.1) is 13.2 Å². The van der Waals surface area contributed by atoms with Gasteiger partial charge < -0.3 is 38.3 Å². The number of hydrogen-bond acceptors (Lipinski definition) is 11. The number of hydrogen-bond donors (Lipinski definition) is 1. The third-order valence-corrected chi connectivity index (χ3v) is 5.34. The van der Waals surface area contributed by atoms with Gasteiger partial charge in [0.15, 0.2) is 29.5 Å². The Balaban J connectivity index is 1.98. The van der Waals surface area contributed by atoms with Crippen LogP contribution in [0.1, 0.15) is 40.2 Å². The predicted octanol–water partition coefficient (Wildman–Crippen LogP) is 1.83. The second kappa shape index (κ2) is 11.1. The third-order valence-electron chi connectivity index (χ3n) is 5.34. The van der Waals surface area contributed by atoms with Crippen molar-refractivity contribution in [2.45, 2.75) is 65.0 Å². The van der Waals surface area contributed by atoms with Gasteiger partial charge in [-0.1, -0.05) is 6.07 Å². The van der Waals surface area contributed by atoms with Crippen molar-refractivity contribution >= 4 is 30.0 Å². The molecule has 36 heavy (non-hydrogen) atoms. The van der Waals surface area contributed by atoms with Crippen molar-refractivity contribution in [3.63, 3.8) is 0 Å². The van der Waals surface area contributed by atoms with Crippen LogP contribution in [0.4, 0.5) is 0 Å². The Morgan fingerprint density at radius 1 is 0.944 bits per heavy atom. The second-order valence-corrected chi connectivity index (χ2v) is 8.34. The third kappa shape index (κ3) is 6.39. The van der Waals surface area contributed by atoms with Gasteiger partial charge >= 0.3 is 23.9 Å². The minimum Gasteiger partial charge on any atom is -0.478 e. The van der Waals surface area contributed by atoms with E-state index in [4.69, 9.17) is 38.3 Å². The topological polar surface area (TPSA) is 153 Å². The summed E-state index contributed by atoms with van der Waals surface area (Å²) in [6, 6.07) is 4.38. The molecule has 0 aromatic heterocycles. The molecule has 0 radical (unpaired) electrons. The molecule has 4 atom stereocenters. The zero-order valence-electron chi connectivity index (χ0n) is 20.5. The standard InChI is InChI=1S/C24H28O12/c1-12(22(28)29)10-16-6-7-17(18(11-16)32-13(2)25)35-23-20(34-15(4)27)19(33-14(3)26)21(36-23)24(5)30-8-9-31-24/h6-7,10-11,19-21,23H,8-9H2,1-5H3,(H,28,29)/b12-10+/t19-,20-,21-,23+/m0/s1. The molecule has 0 saturated carbocycles. The van der Waals surface area contributed by atoms with Crippen LogP contribution < -0.4 is 9.47 Å². The van der Waals surface area contributed by atoms with Gasteiger partial charge in [0.1, 0.15) is 0 Å². The molecule has 12 heteroatoms. The summed E-state index contributed by atoms with van der Waals surface area (Å²) >= 11 is 0. The number of benzene rings is 1. The van der Waals surface area contributed by atoms with E-state index < -0.39 is 54.3 Å². The van der Waals surface area contributed by atoms with E-state index in [1.165, 1.54) is 52.0 Å². The molecule has 2 aliphatic rings. The lowest BCUT2D eigenvalue weighted by Crippen LogP contribution is -2.50. The molecule has 1 aromatic carbocycles. The maximum atomic E-state index is 11.9. The van der Waals surface area contributed by atoms with Crippen LogP contribution in [0.25, 0.3) is 6.08 Å². The number of rotatable bonds is 8. The van der Waals surface area contributed by atoms with Crippen LogP contribution in [0, 0.1) is 0 Å². The van der Waals surface area contributed by atoms with Gasteiger partial charge in [-0.05, 0) is 37.6 Å². The summed E-state index contributed by atoms with van der Waals surface area (Å²) in [5, 5.41) is 9.13. The second-order valence-electron chi connectivity index (χ2n) is 8.34. The Morgan fingerprint density at radius 2 is 1.56 bits per heavy atom. The molecule has 2 aliphatic heterocycles. The van der Waals surface area contributed by atoms with Crippen LogP contribution in [-0.4, -0.2) is 72.6 Å². The molecular weight excluding hydrogens is 480 g/mol. The first-order valence-corrected chi connectivity index (χ1v) is 11.1. The minimum absolute atomic E-state index is 0.0260. The summed E-state index contributed by atoms with van der Waals surface area (Å²) in [7, 11) is 0. The van der Waals surface area contributed by atoms with Crippen LogP contribution in [0.2, 0.25) is 0 Å². The van der Waals surface area contributed by atoms with Crippen molar-refractivity contribution in [3.8, 4) is 11.5 Å². The molecule has 12 nitrogen and oxygen atoms in total. The van der Waals surface area contributed by atoms with E-state index in [9.17, 15) is 19.2 Å². The van der Waals surface area contributed by atoms with E-state index in [1.807, 2.05) is 0 Å². The Labute approximate surface area is 207 Å². The van der Waals surface area contributed by atoms with E-state index in [2.05, 4.69) is 0 Å². The number of carbonyl (C=O) groups is 4. The van der Waals surface area contributed by atoms with Crippen molar-refractivity contribution in [1.82, 2.24) is 0 Å². The zero-order chi connectivity index (χ0) is 26.6. The highest BCUT2D eigenvalue weighted by molar-refractivity contribution is 5.91. The number of aliphatic carboxylic acids is 1. The lowest BCUT2D eigenvalue weighted by molar-refractivity contribution is -0.246. The van der Waals surface area contributed by atoms with E-state index in [-0.39, 0.29) is 30.3 Å². The Hall–Kier alpha value is -3.48. The first kappa shape index (κ1) is 27.1. The molecule has 2 saturated heterocycles. The average molecular weight is 508 g/mol. The fourth-order valence-electron chi connectivity index (χ4n) is 3.86. The van der Waals surface area contributed by atoms with Crippen molar-refractivity contribution in [2.24, 2.45) is 0 Å². The summed E-state index contributed by atoms with van der Waals surface area (Å²) in [4.78, 5) is 46.6. The molecule has 3 rings (SSSR count). The lowest BCUT2D eigenvalue weighted by Gasteiger charge is -2.32. The fourth-order valence-corrected chi connectivity index (χ4v) is 3.86. The molecule has 196 valence electrons. The first-order chi connectivity index (χ1) is 16.9. The molecule has 2 heterocycles. The summed E-state index contributed by atoms with van der Waals surface area (Å²) in [5.74, 6) is -4.43. The van der Waals surface area contributed by atoms with Crippen molar-refractivity contribution < 1.29 is 57.4 Å². The van der Waals surface area contributed by atoms with Gasteiger partial charge in [-0.25, -0.2) is 4.79 Å². The van der Waals surface area contributed by atoms with Crippen LogP contribution >= 0.6 is 0 Å². The van der Waals surface area contributed by atoms with Crippen LogP contribution in [0.5, 0.6) is 11.5 Å². The number of carboxylic acid groups (broad SMARTS) is 1. The van der Waals surface area contributed by atoms with Crippen molar-refractivity contribution in [1.29, 1.82) is 0 Å². The molecule has 2 fully saturated rings. The highest BCUT2D eigenvalue weighted by Crippen LogP contribution is 2.40. The van der Waals surface area contributed by atoms with E-state index in [1.54, 1.807) is 6.92 Å². The highest BCUT2D eigenvalue weighted by Gasteiger charge is 2.59. The van der Waals surface area contributed by atoms with E-state index in [0.29, 0.717) is 5.56 Å². The largest absolute Gasteiger partial charge is 0.478 e. The highest BCUT2D eigenvalue weighted by atomic mass is 16.8. The maximum absolute atomic E-state index is 11.9. The first-order valence-electron chi connectivity index (χ1n) is 11.1. The summed E-state index contributed by atoms with van der Waals surface area (Å²) < 4.78 is 39.4. The number of carboxylic acids is 1. The van der Waals surface area contributed by atoms with Crippen molar-refractivity contribution in [2.75, 3.05) is 13.2 Å². The smallest absolute Gasteiger partial charge is 0.331 e. The molecule has 0 aliphatic carbocycles. The fraction of sp³-hybridized carbons (Fsp3) is 0.500.